The average molecular weight is 474 g/mol. The number of methoxy groups -OCH3 is 1. The van der Waals surface area contributed by atoms with E-state index in [9.17, 15) is 9.59 Å². The van der Waals surface area contributed by atoms with Crippen LogP contribution in [-0.4, -0.2) is 55.9 Å². The first-order valence-electron chi connectivity index (χ1n) is 11.1. The average Bonchev–Trinajstić information content (AvgIpc) is 3.29. The maximum atomic E-state index is 13.5. The van der Waals surface area contributed by atoms with E-state index in [0.717, 1.165) is 28.9 Å². The fraction of sp³-hybridized carbons (Fsp3) is 0.222. The molecule has 6 nitrogen and oxygen atoms in total. The second-order valence-corrected chi connectivity index (χ2v) is 9.23. The van der Waals surface area contributed by atoms with Gasteiger partial charge in [0, 0.05) is 23.2 Å². The molecule has 34 heavy (non-hydrogen) atoms. The maximum absolute atomic E-state index is 13.5. The van der Waals surface area contributed by atoms with Gasteiger partial charge < -0.3 is 9.64 Å². The van der Waals surface area contributed by atoms with Crippen LogP contribution in [0.3, 0.4) is 0 Å². The second-order valence-electron chi connectivity index (χ2n) is 8.22. The van der Waals surface area contributed by atoms with E-state index >= 15 is 0 Å². The van der Waals surface area contributed by atoms with Crippen LogP contribution < -0.4 is 9.64 Å². The lowest BCUT2D eigenvalue weighted by Gasteiger charge is -2.21. The summed E-state index contributed by atoms with van der Waals surface area (Å²) in [4.78, 5) is 34.8. The zero-order valence-corrected chi connectivity index (χ0v) is 20.3. The Bertz CT molecular complexity index is 1280. The zero-order valence-electron chi connectivity index (χ0n) is 19.5. The van der Waals surface area contributed by atoms with E-state index in [1.807, 2.05) is 50.5 Å². The minimum absolute atomic E-state index is 0.0671. The molecule has 3 aromatic carbocycles. The number of hydrogen-bond acceptors (Lipinski definition) is 6. The highest BCUT2D eigenvalue weighted by Gasteiger charge is 2.22. The van der Waals surface area contributed by atoms with Crippen molar-refractivity contribution in [1.29, 1.82) is 0 Å². The molecule has 1 heterocycles. The lowest BCUT2D eigenvalue weighted by Crippen LogP contribution is -2.33. The van der Waals surface area contributed by atoms with Gasteiger partial charge in [0.25, 0.3) is 5.91 Å². The highest BCUT2D eigenvalue weighted by molar-refractivity contribution is 7.22. The Kier molecular flexibility index (Phi) is 7.35. The maximum Gasteiger partial charge on any atom is 0.260 e. The summed E-state index contributed by atoms with van der Waals surface area (Å²) in [5, 5.41) is 0.649. The Balaban J connectivity index is 1.61. The number of nitrogens with zero attached hydrogens (tertiary/aromatic N) is 3. The largest absolute Gasteiger partial charge is 0.497 e. The number of rotatable bonds is 9. The number of amides is 1. The summed E-state index contributed by atoms with van der Waals surface area (Å²) in [7, 11) is 5.66. The number of thiazole rings is 1. The third-order valence-electron chi connectivity index (χ3n) is 5.48. The molecular weight excluding hydrogens is 446 g/mol. The van der Waals surface area contributed by atoms with Gasteiger partial charge in [-0.15, -0.1) is 0 Å². The van der Waals surface area contributed by atoms with Gasteiger partial charge in [0.1, 0.15) is 5.75 Å². The molecule has 0 aliphatic carbocycles. The van der Waals surface area contributed by atoms with Gasteiger partial charge in [-0.2, -0.15) is 0 Å². The number of carbonyl (C=O) groups excluding carboxylic acids is 2. The van der Waals surface area contributed by atoms with Crippen LogP contribution in [0, 0.1) is 0 Å². The molecule has 0 fully saturated rings. The van der Waals surface area contributed by atoms with Gasteiger partial charge in [-0.1, -0.05) is 53.8 Å². The van der Waals surface area contributed by atoms with Crippen LogP contribution in [-0.2, 0) is 0 Å². The minimum Gasteiger partial charge on any atom is -0.497 e. The predicted molar refractivity (Wildman–Crippen MR) is 137 cm³/mol. The first-order chi connectivity index (χ1) is 16.5. The molecule has 1 amide bonds. The van der Waals surface area contributed by atoms with Gasteiger partial charge in [0.05, 0.1) is 17.3 Å². The molecule has 0 N–H and O–H groups in total. The summed E-state index contributed by atoms with van der Waals surface area (Å²) in [6, 6.07) is 21.7. The van der Waals surface area contributed by atoms with Crippen LogP contribution >= 0.6 is 11.3 Å². The van der Waals surface area contributed by atoms with Crippen molar-refractivity contribution in [3.63, 3.8) is 0 Å². The topological polar surface area (TPSA) is 62.7 Å². The van der Waals surface area contributed by atoms with Crippen molar-refractivity contribution in [1.82, 2.24) is 9.88 Å². The monoisotopic (exact) mass is 473 g/mol. The molecule has 0 aliphatic heterocycles. The van der Waals surface area contributed by atoms with Crippen LogP contribution in [0.2, 0.25) is 0 Å². The van der Waals surface area contributed by atoms with E-state index in [0.29, 0.717) is 28.4 Å². The van der Waals surface area contributed by atoms with Gasteiger partial charge in [-0.25, -0.2) is 4.98 Å². The van der Waals surface area contributed by atoms with Crippen molar-refractivity contribution in [2.45, 2.75) is 6.42 Å². The summed E-state index contributed by atoms with van der Waals surface area (Å²) in [6.45, 7) is 1.39. The molecule has 0 bridgehead atoms. The number of aromatic nitrogens is 1. The molecule has 174 valence electrons. The molecule has 0 radical (unpaired) electrons. The highest BCUT2D eigenvalue weighted by Crippen LogP contribution is 2.32. The van der Waals surface area contributed by atoms with E-state index < -0.39 is 0 Å². The first-order valence-corrected chi connectivity index (χ1v) is 11.9. The van der Waals surface area contributed by atoms with Gasteiger partial charge >= 0.3 is 0 Å². The van der Waals surface area contributed by atoms with Gasteiger partial charge in [0.15, 0.2) is 10.9 Å². The number of benzene rings is 3. The van der Waals surface area contributed by atoms with Crippen LogP contribution in [0.15, 0.2) is 72.8 Å². The number of ketones is 1. The lowest BCUT2D eigenvalue weighted by molar-refractivity contribution is 0.0983. The molecule has 4 aromatic rings. The molecule has 7 heteroatoms. The SMILES string of the molecule is COc1ccc2nc(N(CCCN(C)C)C(=O)c3ccc(C(=O)c4ccccc4)cc3)sc2c1. The number of carbonyl (C=O) groups is 2. The van der Waals surface area contributed by atoms with Crippen LogP contribution in [0.1, 0.15) is 32.7 Å². The van der Waals surface area contributed by atoms with Gasteiger partial charge in [0.2, 0.25) is 0 Å². The van der Waals surface area contributed by atoms with E-state index in [1.54, 1.807) is 48.4 Å². The predicted octanol–water partition coefficient (Wildman–Crippen LogP) is 5.13. The first kappa shape index (κ1) is 23.6. The van der Waals surface area contributed by atoms with Crippen molar-refractivity contribution in [3.05, 3.63) is 89.5 Å². The smallest absolute Gasteiger partial charge is 0.260 e. The third-order valence-corrected chi connectivity index (χ3v) is 6.52. The minimum atomic E-state index is -0.136. The summed E-state index contributed by atoms with van der Waals surface area (Å²) in [5.74, 6) is 0.554. The summed E-state index contributed by atoms with van der Waals surface area (Å²) < 4.78 is 6.29. The van der Waals surface area contributed by atoms with E-state index in [-0.39, 0.29) is 11.7 Å². The standard InChI is InChI=1S/C27H27N3O3S/c1-29(2)16-7-17-30(27-28-23-15-14-22(33-3)18-24(23)34-27)26(32)21-12-10-20(11-13-21)25(31)19-8-5-4-6-9-19/h4-6,8-15,18H,7,16-17H2,1-3H3. The number of fused-ring (bicyclic) bond motifs is 1. The van der Waals surface area contributed by atoms with Crippen molar-refractivity contribution < 1.29 is 14.3 Å². The molecule has 0 saturated carbocycles. The number of anilines is 1. The molecule has 0 aliphatic rings. The van der Waals surface area contributed by atoms with Crippen LogP contribution in [0.25, 0.3) is 10.2 Å². The normalized spacial score (nSPS) is 11.1. The highest BCUT2D eigenvalue weighted by atomic mass is 32.1. The van der Waals surface area contributed by atoms with Crippen LogP contribution in [0.5, 0.6) is 5.75 Å². The van der Waals surface area contributed by atoms with Crippen molar-refractivity contribution >= 4 is 38.4 Å². The number of hydrogen-bond donors (Lipinski definition) is 0. The Morgan fingerprint density at radius 1 is 0.882 bits per heavy atom. The fourth-order valence-corrected chi connectivity index (χ4v) is 4.66. The molecule has 0 atom stereocenters. The Hall–Kier alpha value is -3.55. The molecule has 0 unspecified atom stereocenters. The molecule has 4 rings (SSSR count). The third kappa shape index (κ3) is 5.32. The molecule has 1 aromatic heterocycles. The fourth-order valence-electron chi connectivity index (χ4n) is 3.64. The van der Waals surface area contributed by atoms with Gasteiger partial charge in [-0.3, -0.25) is 14.5 Å². The van der Waals surface area contributed by atoms with Gasteiger partial charge in [-0.05, 0) is 57.4 Å². The Morgan fingerprint density at radius 3 is 2.24 bits per heavy atom. The molecule has 0 saturated heterocycles. The summed E-state index contributed by atoms with van der Waals surface area (Å²) >= 11 is 1.47. The summed E-state index contributed by atoms with van der Waals surface area (Å²) in [6.07, 6.45) is 0.808. The van der Waals surface area contributed by atoms with Crippen LogP contribution in [0.4, 0.5) is 5.13 Å². The number of ether oxygens (including phenoxy) is 1. The molecule has 0 spiro atoms. The lowest BCUT2D eigenvalue weighted by atomic mass is 10.0. The van der Waals surface area contributed by atoms with E-state index in [4.69, 9.17) is 9.72 Å². The second kappa shape index (κ2) is 10.6. The molecular formula is C27H27N3O3S. The zero-order chi connectivity index (χ0) is 24.1. The Morgan fingerprint density at radius 2 is 1.56 bits per heavy atom. The quantitative estimate of drug-likeness (QED) is 0.315. The van der Waals surface area contributed by atoms with E-state index in [2.05, 4.69) is 4.90 Å². The van der Waals surface area contributed by atoms with Crippen molar-refractivity contribution in [2.75, 3.05) is 39.2 Å². The summed E-state index contributed by atoms with van der Waals surface area (Å²) in [5.41, 5.74) is 2.52. The van der Waals surface area contributed by atoms with Crippen molar-refractivity contribution in [2.24, 2.45) is 0 Å². The van der Waals surface area contributed by atoms with Crippen molar-refractivity contribution in [3.8, 4) is 5.75 Å². The Labute approximate surface area is 203 Å². The van der Waals surface area contributed by atoms with E-state index in [1.165, 1.54) is 11.3 Å².